The predicted molar refractivity (Wildman–Crippen MR) is 53.0 cm³/mol. The zero-order valence-electron chi connectivity index (χ0n) is 9.32. The fourth-order valence-electron chi connectivity index (χ4n) is 0.446. The molecule has 0 radical (unpaired) electrons. The van der Waals surface area contributed by atoms with Crippen LogP contribution in [-0.2, 0) is 9.53 Å². The van der Waals surface area contributed by atoms with Crippen molar-refractivity contribution in [3.63, 3.8) is 0 Å². The first-order valence-electron chi connectivity index (χ1n) is 4.32. The number of methoxy groups -OCH3 is 1. The molecule has 0 bridgehead atoms. The molecule has 0 atom stereocenters. The summed E-state index contributed by atoms with van der Waals surface area (Å²) in [6, 6.07) is 0. The third kappa shape index (κ3) is 3.50. The van der Waals surface area contributed by atoms with E-state index in [0.717, 1.165) is 0 Å². The molecule has 0 aromatic carbocycles. The molecule has 0 aromatic heterocycles. The Labute approximate surface area is 80.7 Å². The van der Waals surface area contributed by atoms with Crippen LogP contribution in [0.2, 0.25) is 0 Å². The molecule has 2 nitrogen and oxygen atoms in total. The highest BCUT2D eigenvalue weighted by molar-refractivity contribution is 5.88. The van der Waals surface area contributed by atoms with Gasteiger partial charge in [-0.15, -0.1) is 0 Å². The molecule has 0 N–H and O–H groups in total. The number of carbonyl (C=O) groups is 1. The maximum Gasteiger partial charge on any atom is 0.384 e. The summed E-state index contributed by atoms with van der Waals surface area (Å²) in [4.78, 5) is 10.8. The van der Waals surface area contributed by atoms with E-state index in [1.165, 1.54) is 7.11 Å². The monoisotopic (exact) mass is 182 g/mol. The van der Waals surface area contributed by atoms with Crippen molar-refractivity contribution >= 4 is 5.97 Å². The van der Waals surface area contributed by atoms with Crippen molar-refractivity contribution in [3.8, 4) is 11.8 Å². The van der Waals surface area contributed by atoms with Crippen molar-refractivity contribution in [2.75, 3.05) is 7.11 Å². The minimum atomic E-state index is -0.475. The van der Waals surface area contributed by atoms with E-state index >= 15 is 0 Å². The molecule has 0 aliphatic carbocycles. The van der Waals surface area contributed by atoms with Crippen LogP contribution in [0.3, 0.4) is 0 Å². The highest BCUT2D eigenvalue weighted by Gasteiger charge is 2.30. The molecule has 0 spiro atoms. The molecule has 0 aromatic rings. The van der Waals surface area contributed by atoms with Gasteiger partial charge in [0.05, 0.1) is 7.11 Å². The second-order valence-corrected chi connectivity index (χ2v) is 4.62. The first-order chi connectivity index (χ1) is 5.70. The van der Waals surface area contributed by atoms with Gasteiger partial charge in [-0.3, -0.25) is 0 Å². The van der Waals surface area contributed by atoms with Gasteiger partial charge in [-0.05, 0) is 19.3 Å². The van der Waals surface area contributed by atoms with Gasteiger partial charge in [-0.2, -0.15) is 0 Å². The molecule has 74 valence electrons. The number of carbonyl (C=O) groups excluding carboxylic acids is 1. The Kier molecular flexibility index (Phi) is 3.54. The molecule has 0 rings (SSSR count). The second-order valence-electron chi connectivity index (χ2n) is 4.62. The fraction of sp³-hybridized carbons (Fsp3) is 0.727. The standard InChI is InChI=1S/C11H18O2/c1-10(2,3)11(4,5)8-7-9(12)13-6/h1-6H3. The topological polar surface area (TPSA) is 26.3 Å². The number of hydrogen-bond donors (Lipinski definition) is 0. The molecular formula is C11H18O2. The molecule has 0 aliphatic heterocycles. The predicted octanol–water partition coefficient (Wildman–Crippen LogP) is 2.24. The third-order valence-electron chi connectivity index (χ3n) is 2.54. The van der Waals surface area contributed by atoms with Crippen LogP contribution in [-0.4, -0.2) is 13.1 Å². The summed E-state index contributed by atoms with van der Waals surface area (Å²) >= 11 is 0. The van der Waals surface area contributed by atoms with E-state index in [1.807, 2.05) is 13.8 Å². The van der Waals surface area contributed by atoms with Crippen LogP contribution in [0.5, 0.6) is 0 Å². The minimum Gasteiger partial charge on any atom is -0.459 e. The SMILES string of the molecule is COC(=O)C#CC(C)(C)C(C)(C)C. The Morgan fingerprint density at radius 2 is 1.62 bits per heavy atom. The van der Waals surface area contributed by atoms with E-state index in [0.29, 0.717) is 0 Å². The van der Waals surface area contributed by atoms with Gasteiger partial charge in [0.15, 0.2) is 0 Å². The normalized spacial score (nSPS) is 11.5. The summed E-state index contributed by atoms with van der Waals surface area (Å²) in [5.74, 6) is 4.92. The average Bonchev–Trinajstić information content (AvgIpc) is 1.98. The lowest BCUT2D eigenvalue weighted by atomic mass is 9.70. The van der Waals surface area contributed by atoms with Gasteiger partial charge in [0.25, 0.3) is 0 Å². The molecular weight excluding hydrogens is 164 g/mol. The molecule has 0 saturated carbocycles. The van der Waals surface area contributed by atoms with Crippen molar-refractivity contribution in [3.05, 3.63) is 0 Å². The van der Waals surface area contributed by atoms with E-state index in [2.05, 4.69) is 37.3 Å². The van der Waals surface area contributed by atoms with Gasteiger partial charge in [-0.1, -0.05) is 26.7 Å². The third-order valence-corrected chi connectivity index (χ3v) is 2.54. The largest absolute Gasteiger partial charge is 0.459 e. The zero-order chi connectivity index (χ0) is 10.7. The quantitative estimate of drug-likeness (QED) is 0.326. The van der Waals surface area contributed by atoms with E-state index in [4.69, 9.17) is 0 Å². The zero-order valence-corrected chi connectivity index (χ0v) is 9.32. The van der Waals surface area contributed by atoms with Crippen molar-refractivity contribution < 1.29 is 9.53 Å². The lowest BCUT2D eigenvalue weighted by molar-refractivity contribution is -0.133. The van der Waals surface area contributed by atoms with Crippen LogP contribution >= 0.6 is 0 Å². The average molecular weight is 182 g/mol. The number of esters is 1. The van der Waals surface area contributed by atoms with Crippen LogP contribution in [0.25, 0.3) is 0 Å². The number of rotatable bonds is 0. The lowest BCUT2D eigenvalue weighted by Gasteiger charge is -2.33. The van der Waals surface area contributed by atoms with Crippen molar-refractivity contribution in [2.24, 2.45) is 10.8 Å². The summed E-state index contributed by atoms with van der Waals surface area (Å²) in [5.41, 5.74) is -0.144. The molecule has 0 unspecified atom stereocenters. The summed E-state index contributed by atoms with van der Waals surface area (Å²) in [6.07, 6.45) is 0. The van der Waals surface area contributed by atoms with Gasteiger partial charge in [0.1, 0.15) is 0 Å². The van der Waals surface area contributed by atoms with Gasteiger partial charge < -0.3 is 4.74 Å². The Hall–Kier alpha value is -0.970. The van der Waals surface area contributed by atoms with Gasteiger partial charge in [0.2, 0.25) is 0 Å². The van der Waals surface area contributed by atoms with E-state index in [-0.39, 0.29) is 10.8 Å². The van der Waals surface area contributed by atoms with Crippen LogP contribution in [0.4, 0.5) is 0 Å². The van der Waals surface area contributed by atoms with Crippen molar-refractivity contribution in [2.45, 2.75) is 34.6 Å². The van der Waals surface area contributed by atoms with Crippen molar-refractivity contribution in [1.29, 1.82) is 0 Å². The second kappa shape index (κ2) is 3.83. The van der Waals surface area contributed by atoms with Crippen LogP contribution < -0.4 is 0 Å². The summed E-state index contributed by atoms with van der Waals surface area (Å²) in [5, 5.41) is 0. The highest BCUT2D eigenvalue weighted by Crippen LogP contribution is 2.36. The van der Waals surface area contributed by atoms with Crippen LogP contribution in [0.1, 0.15) is 34.6 Å². The highest BCUT2D eigenvalue weighted by atomic mass is 16.5. The fourth-order valence-corrected chi connectivity index (χ4v) is 0.446. The number of hydrogen-bond acceptors (Lipinski definition) is 2. The lowest BCUT2D eigenvalue weighted by Crippen LogP contribution is -2.28. The first kappa shape index (κ1) is 12.0. The Bertz CT molecular complexity index is 245. The van der Waals surface area contributed by atoms with E-state index in [1.54, 1.807) is 0 Å². The summed E-state index contributed by atoms with van der Waals surface area (Å²) in [6.45, 7) is 10.3. The summed E-state index contributed by atoms with van der Waals surface area (Å²) < 4.78 is 4.45. The van der Waals surface area contributed by atoms with Gasteiger partial charge >= 0.3 is 5.97 Å². The molecule has 0 amide bonds. The Balaban J connectivity index is 4.66. The van der Waals surface area contributed by atoms with Crippen LogP contribution in [0.15, 0.2) is 0 Å². The van der Waals surface area contributed by atoms with Crippen LogP contribution in [0, 0.1) is 22.7 Å². The number of ether oxygens (including phenoxy) is 1. The van der Waals surface area contributed by atoms with Crippen molar-refractivity contribution in [1.82, 2.24) is 0 Å². The summed E-state index contributed by atoms with van der Waals surface area (Å²) in [7, 11) is 1.33. The first-order valence-corrected chi connectivity index (χ1v) is 4.32. The molecule has 2 heteroatoms. The molecule has 0 saturated heterocycles. The van der Waals surface area contributed by atoms with E-state index in [9.17, 15) is 4.79 Å². The maximum atomic E-state index is 10.8. The molecule has 0 fully saturated rings. The molecule has 13 heavy (non-hydrogen) atoms. The maximum absolute atomic E-state index is 10.8. The minimum absolute atomic E-state index is 0.0496. The molecule has 0 aliphatic rings. The Morgan fingerprint density at radius 1 is 1.15 bits per heavy atom. The van der Waals surface area contributed by atoms with Gasteiger partial charge in [0, 0.05) is 11.3 Å². The smallest absolute Gasteiger partial charge is 0.384 e. The van der Waals surface area contributed by atoms with Gasteiger partial charge in [-0.25, -0.2) is 4.79 Å². The van der Waals surface area contributed by atoms with E-state index < -0.39 is 5.97 Å². The molecule has 0 heterocycles. The Morgan fingerprint density at radius 3 is 1.92 bits per heavy atom.